The smallest absolute Gasteiger partial charge is 1.00 e. The van der Waals surface area contributed by atoms with Crippen molar-refractivity contribution in [2.75, 3.05) is 0 Å². The van der Waals surface area contributed by atoms with Crippen LogP contribution < -0.4 is 44.2 Å². The van der Waals surface area contributed by atoms with Crippen LogP contribution >= 0.6 is 14.5 Å². The van der Waals surface area contributed by atoms with Crippen LogP contribution in [0.5, 0.6) is 0 Å². The topological polar surface area (TPSA) is 0 Å². The van der Waals surface area contributed by atoms with Gasteiger partial charge in [-0.15, -0.1) is 24.2 Å². The van der Waals surface area contributed by atoms with Crippen molar-refractivity contribution in [1.29, 1.82) is 0 Å². The predicted molar refractivity (Wildman–Crippen MR) is 209 cm³/mol. The minimum absolute atomic E-state index is 0. The second-order valence-corrected chi connectivity index (χ2v) is 18.8. The van der Waals surface area contributed by atoms with Gasteiger partial charge in [-0.25, -0.2) is 0 Å². The van der Waals surface area contributed by atoms with Gasteiger partial charge in [0.25, 0.3) is 0 Å². The summed E-state index contributed by atoms with van der Waals surface area (Å²) >= 11 is 0. The van der Waals surface area contributed by atoms with Crippen LogP contribution in [0.15, 0.2) is 182 Å². The standard InChI is InChI=1S/2C22H23P.Au.ClH/c2*1-19(2)18-23(20-12-6-3-7-13-20,21-14-8-4-9-15-21)22-16-10-5-11-17-22;;/h2*3-19H,1-2H3;;1H/q;;+1;/p-1. The molecule has 0 saturated heterocycles. The van der Waals surface area contributed by atoms with Gasteiger partial charge in [0.05, 0.1) is 31.8 Å². The SMILES string of the molecule is CC(C)[CH-][P+](c1ccccc1)(c1ccccc1)c1ccccc1.CC(C)[CH-][P+](c1ccccc1)(c1ccccc1)c1ccccc1.[Au+].[Cl-]. The molecule has 0 fully saturated rings. The normalized spacial score (nSPS) is 11.1. The zero-order valence-corrected chi connectivity index (χ0v) is 32.9. The van der Waals surface area contributed by atoms with E-state index in [0.717, 1.165) is 0 Å². The molecule has 0 heterocycles. The molecule has 0 bridgehead atoms. The fourth-order valence-corrected chi connectivity index (χ4v) is 14.7. The quantitative estimate of drug-likeness (QED) is 0.0829. The zero-order chi connectivity index (χ0) is 32.2. The molecule has 0 unspecified atom stereocenters. The molecule has 0 N–H and O–H groups in total. The van der Waals surface area contributed by atoms with Crippen LogP contribution in [-0.4, -0.2) is 0 Å². The maximum absolute atomic E-state index is 2.58. The molecule has 0 aromatic heterocycles. The van der Waals surface area contributed by atoms with E-state index in [9.17, 15) is 0 Å². The number of rotatable bonds is 10. The summed E-state index contributed by atoms with van der Waals surface area (Å²) in [6.07, 6.45) is 5.15. The Labute approximate surface area is 313 Å². The second kappa shape index (κ2) is 19.4. The molecule has 250 valence electrons. The van der Waals surface area contributed by atoms with Gasteiger partial charge in [0, 0.05) is 0 Å². The first-order valence-corrected chi connectivity index (χ1v) is 20.0. The van der Waals surface area contributed by atoms with Gasteiger partial charge in [-0.3, -0.25) is 0 Å². The third-order valence-electron chi connectivity index (χ3n) is 8.02. The Morgan fingerprint density at radius 3 is 0.583 bits per heavy atom. The molecule has 0 atom stereocenters. The Hall–Kier alpha value is -2.79. The van der Waals surface area contributed by atoms with Crippen molar-refractivity contribution in [3.05, 3.63) is 194 Å². The van der Waals surface area contributed by atoms with E-state index >= 15 is 0 Å². The van der Waals surface area contributed by atoms with E-state index in [1.54, 1.807) is 0 Å². The van der Waals surface area contributed by atoms with Crippen LogP contribution in [0.25, 0.3) is 0 Å². The van der Waals surface area contributed by atoms with Crippen molar-refractivity contribution < 1.29 is 34.8 Å². The second-order valence-electron chi connectivity index (χ2n) is 12.2. The van der Waals surface area contributed by atoms with E-state index in [-0.39, 0.29) is 34.8 Å². The van der Waals surface area contributed by atoms with Gasteiger partial charge in [-0.2, -0.15) is 0 Å². The van der Waals surface area contributed by atoms with E-state index in [1.165, 1.54) is 31.8 Å². The predicted octanol–water partition coefficient (Wildman–Crippen LogP) is 6.60. The van der Waals surface area contributed by atoms with Crippen LogP contribution in [0.3, 0.4) is 0 Å². The van der Waals surface area contributed by atoms with Crippen LogP contribution in [0.1, 0.15) is 27.7 Å². The molecule has 0 aliphatic carbocycles. The van der Waals surface area contributed by atoms with Crippen LogP contribution in [-0.2, 0) is 22.4 Å². The van der Waals surface area contributed by atoms with Gasteiger partial charge in [0.15, 0.2) is 0 Å². The Morgan fingerprint density at radius 2 is 0.458 bits per heavy atom. The minimum atomic E-state index is -1.73. The number of hydrogen-bond donors (Lipinski definition) is 0. The average Bonchev–Trinajstić information content (AvgIpc) is 3.12. The average molecular weight is 869 g/mol. The maximum atomic E-state index is 2.58. The minimum Gasteiger partial charge on any atom is -1.00 e. The first kappa shape index (κ1) is 39.6. The van der Waals surface area contributed by atoms with E-state index in [1.807, 2.05) is 0 Å². The van der Waals surface area contributed by atoms with E-state index in [0.29, 0.717) is 11.8 Å². The fourth-order valence-electron chi connectivity index (χ4n) is 6.28. The molecule has 48 heavy (non-hydrogen) atoms. The summed E-state index contributed by atoms with van der Waals surface area (Å²) in [4.78, 5) is 0. The van der Waals surface area contributed by atoms with Gasteiger partial charge in [-0.1, -0.05) is 137 Å². The summed E-state index contributed by atoms with van der Waals surface area (Å²) in [5.74, 6) is 1.04. The first-order chi connectivity index (χ1) is 22.5. The Balaban J connectivity index is 0.000000250. The summed E-state index contributed by atoms with van der Waals surface area (Å²) in [5.41, 5.74) is 0. The molecule has 6 aromatic carbocycles. The van der Waals surface area contributed by atoms with Gasteiger partial charge in [0.2, 0.25) is 0 Å². The van der Waals surface area contributed by atoms with E-state index in [2.05, 4.69) is 222 Å². The summed E-state index contributed by atoms with van der Waals surface area (Å²) in [6.45, 7) is 9.13. The maximum Gasteiger partial charge on any atom is 1.00 e. The van der Waals surface area contributed by atoms with E-state index < -0.39 is 14.5 Å². The molecule has 0 saturated carbocycles. The summed E-state index contributed by atoms with van der Waals surface area (Å²) < 4.78 is 0. The molecule has 0 amide bonds. The molecule has 0 radical (unpaired) electrons. The molecule has 6 aromatic rings. The Bertz CT molecular complexity index is 1390. The van der Waals surface area contributed by atoms with Crippen molar-refractivity contribution >= 4 is 46.4 Å². The third-order valence-corrected chi connectivity index (χ3v) is 16.8. The number of hydrogen-bond acceptors (Lipinski definition) is 0. The van der Waals surface area contributed by atoms with Gasteiger partial charge < -0.3 is 12.4 Å². The van der Waals surface area contributed by atoms with Crippen molar-refractivity contribution in [3.8, 4) is 0 Å². The van der Waals surface area contributed by atoms with Crippen molar-refractivity contribution in [2.45, 2.75) is 27.7 Å². The first-order valence-electron chi connectivity index (χ1n) is 16.3. The largest absolute Gasteiger partial charge is 1.00 e. The van der Waals surface area contributed by atoms with Crippen molar-refractivity contribution in [1.82, 2.24) is 0 Å². The zero-order valence-electron chi connectivity index (χ0n) is 28.2. The number of benzene rings is 6. The molecule has 0 nitrogen and oxygen atoms in total. The molecule has 0 aliphatic rings. The molecule has 6 rings (SSSR count). The molecule has 4 heteroatoms. The van der Waals surface area contributed by atoms with Crippen molar-refractivity contribution in [2.24, 2.45) is 11.8 Å². The van der Waals surface area contributed by atoms with Crippen LogP contribution in [0.4, 0.5) is 0 Å². The molecule has 0 spiro atoms. The van der Waals surface area contributed by atoms with Crippen molar-refractivity contribution in [3.63, 3.8) is 0 Å². The van der Waals surface area contributed by atoms with Gasteiger partial charge >= 0.3 is 22.4 Å². The van der Waals surface area contributed by atoms with Gasteiger partial charge in [-0.05, 0) is 87.3 Å². The van der Waals surface area contributed by atoms with Crippen LogP contribution in [0, 0.1) is 24.2 Å². The van der Waals surface area contributed by atoms with Crippen LogP contribution in [0.2, 0.25) is 0 Å². The monoisotopic (exact) mass is 868 g/mol. The third kappa shape index (κ3) is 9.25. The Morgan fingerprint density at radius 1 is 0.312 bits per heavy atom. The van der Waals surface area contributed by atoms with E-state index in [4.69, 9.17) is 0 Å². The summed E-state index contributed by atoms with van der Waals surface area (Å²) in [7, 11) is -3.47. The molecule has 0 aliphatic heterocycles. The Kier molecular flexibility index (Phi) is 16.0. The summed E-state index contributed by atoms with van der Waals surface area (Å²) in [5, 5.41) is 8.53. The van der Waals surface area contributed by atoms with Gasteiger partial charge in [0.1, 0.15) is 0 Å². The molecular weight excluding hydrogens is 823 g/mol. The summed E-state index contributed by atoms with van der Waals surface area (Å²) in [6, 6.07) is 65.9. The fraction of sp³-hybridized carbons (Fsp3) is 0.136. The molecular formula is C44H46AuClP2. The number of halogens is 1.